The van der Waals surface area contributed by atoms with Crippen LogP contribution in [-0.2, 0) is 18.5 Å². The lowest BCUT2D eigenvalue weighted by Gasteiger charge is -1.94. The summed E-state index contributed by atoms with van der Waals surface area (Å²) >= 11 is 0. The highest BCUT2D eigenvalue weighted by Crippen LogP contribution is 2.06. The molecule has 0 atom stereocenters. The van der Waals surface area contributed by atoms with Crippen LogP contribution in [0.4, 0.5) is 17.3 Å². The highest BCUT2D eigenvalue weighted by atomic mass is 19.5. The summed E-state index contributed by atoms with van der Waals surface area (Å²) in [6.07, 6.45) is 4.01. The van der Waals surface area contributed by atoms with Crippen LogP contribution in [-0.4, -0.2) is 18.9 Å². The van der Waals surface area contributed by atoms with Crippen molar-refractivity contribution in [3.8, 4) is 0 Å². The first-order chi connectivity index (χ1) is 6.75. The van der Waals surface area contributed by atoms with Gasteiger partial charge in [-0.3, -0.25) is 0 Å². The first-order valence-electron chi connectivity index (χ1n) is 4.13. The molecule has 1 aromatic rings. The van der Waals surface area contributed by atoms with Crippen LogP contribution in [0.15, 0.2) is 12.4 Å². The molecule has 0 saturated heterocycles. The summed E-state index contributed by atoms with van der Waals surface area (Å²) in [4.78, 5) is 0. The quantitative estimate of drug-likeness (QED) is 0.426. The van der Waals surface area contributed by atoms with Crippen LogP contribution in [0.1, 0.15) is 5.82 Å². The van der Waals surface area contributed by atoms with Gasteiger partial charge in [0.05, 0.1) is 7.05 Å². The lowest BCUT2D eigenvalue weighted by atomic mass is 10.3. The molecule has 15 heavy (non-hydrogen) atoms. The maximum absolute atomic E-state index is 9.75. The Morgan fingerprint density at radius 1 is 1.40 bits per heavy atom. The number of ether oxygens (including phenoxy) is 1. The molecule has 3 nitrogen and oxygen atoms in total. The molecule has 0 aromatic carbocycles. The molecule has 1 rings (SSSR count). The van der Waals surface area contributed by atoms with E-state index in [0.717, 1.165) is 0 Å². The fraction of sp³-hybridized carbons (Fsp3) is 0.571. The molecule has 0 spiro atoms. The van der Waals surface area contributed by atoms with Gasteiger partial charge in [-0.2, -0.15) is 0 Å². The summed E-state index contributed by atoms with van der Waals surface area (Å²) < 4.78 is 48.1. The van der Waals surface area contributed by atoms with Gasteiger partial charge in [-0.1, -0.05) is 0 Å². The normalized spacial score (nSPS) is 10.9. The van der Waals surface area contributed by atoms with Gasteiger partial charge in [0, 0.05) is 14.0 Å². The second kappa shape index (κ2) is 5.74. The number of imidazole rings is 1. The fourth-order valence-corrected chi connectivity index (χ4v) is 0.874. The zero-order valence-corrected chi connectivity index (χ0v) is 8.75. The number of hydrogen-bond acceptors (Lipinski definition) is 1. The van der Waals surface area contributed by atoms with Crippen molar-refractivity contribution < 1.29 is 26.6 Å². The van der Waals surface area contributed by atoms with E-state index in [9.17, 15) is 17.3 Å². The summed E-state index contributed by atoms with van der Waals surface area (Å²) in [5.41, 5.74) is 0. The topological polar surface area (TPSA) is 18.0 Å². The fourth-order valence-electron chi connectivity index (χ4n) is 0.874. The monoisotopic (exact) mass is 228 g/mol. The van der Waals surface area contributed by atoms with Crippen molar-refractivity contribution in [2.45, 2.75) is 13.7 Å². The Labute approximate surface area is 85.4 Å². The molecular weight excluding hydrogens is 215 g/mol. The Bertz CT molecular complexity index is 294. The van der Waals surface area contributed by atoms with E-state index in [4.69, 9.17) is 4.74 Å². The van der Waals surface area contributed by atoms with E-state index in [2.05, 4.69) is 11.5 Å². The average Bonchev–Trinajstić information content (AvgIpc) is 2.34. The molecule has 0 aliphatic rings. The van der Waals surface area contributed by atoms with Crippen LogP contribution >= 0.6 is 0 Å². The van der Waals surface area contributed by atoms with E-state index in [1.54, 1.807) is 7.11 Å². The predicted octanol–water partition coefficient (Wildman–Crippen LogP) is 1.52. The highest BCUT2D eigenvalue weighted by Gasteiger charge is 2.20. The van der Waals surface area contributed by atoms with E-state index in [-0.39, 0.29) is 0 Å². The van der Waals surface area contributed by atoms with Gasteiger partial charge in [0.1, 0.15) is 12.4 Å². The third kappa shape index (κ3) is 6.95. The van der Waals surface area contributed by atoms with Crippen molar-refractivity contribution in [1.82, 2.24) is 4.57 Å². The summed E-state index contributed by atoms with van der Waals surface area (Å²) in [5.74, 6) is 1.20. The van der Waals surface area contributed by atoms with Crippen molar-refractivity contribution in [2.75, 3.05) is 7.11 Å². The van der Waals surface area contributed by atoms with Gasteiger partial charge in [0.2, 0.25) is 0 Å². The number of aryl methyl sites for hydroxylation is 1. The van der Waals surface area contributed by atoms with Crippen LogP contribution in [0.3, 0.4) is 0 Å². The molecule has 0 aliphatic carbocycles. The zero-order chi connectivity index (χ0) is 12.1. The SMILES string of the molecule is COCn1cc[n+](C)c1C.F[B-](F)(F)F. The largest absolute Gasteiger partial charge is 0.673 e. The molecule has 0 unspecified atom stereocenters. The van der Waals surface area contributed by atoms with Crippen molar-refractivity contribution in [2.24, 2.45) is 7.05 Å². The zero-order valence-electron chi connectivity index (χ0n) is 8.75. The Morgan fingerprint density at radius 3 is 2.13 bits per heavy atom. The Balaban J connectivity index is 0.000000336. The molecule has 0 amide bonds. The van der Waals surface area contributed by atoms with Gasteiger partial charge in [-0.15, -0.1) is 0 Å². The van der Waals surface area contributed by atoms with Gasteiger partial charge in [-0.25, -0.2) is 9.13 Å². The lowest BCUT2D eigenvalue weighted by molar-refractivity contribution is -0.677. The highest BCUT2D eigenvalue weighted by molar-refractivity contribution is 6.50. The lowest BCUT2D eigenvalue weighted by Crippen LogP contribution is -2.29. The van der Waals surface area contributed by atoms with Gasteiger partial charge in [-0.05, 0) is 0 Å². The molecular formula is C7H13BF4N2O. The van der Waals surface area contributed by atoms with Gasteiger partial charge >= 0.3 is 7.25 Å². The summed E-state index contributed by atoms with van der Waals surface area (Å²) in [7, 11) is -2.29. The molecule has 8 heteroatoms. The smallest absolute Gasteiger partial charge is 0.418 e. The standard InChI is InChI=1S/C7H13N2O.BF4/c1-7-8(2)4-5-9(7)6-10-3;2-1(3,4)5/h4-5H,6H2,1-3H3;/q+1;-1. The second-order valence-electron chi connectivity index (χ2n) is 2.84. The van der Waals surface area contributed by atoms with Crippen molar-refractivity contribution in [3.05, 3.63) is 18.2 Å². The maximum atomic E-state index is 9.75. The van der Waals surface area contributed by atoms with Gasteiger partial charge in [0.25, 0.3) is 5.82 Å². The molecule has 1 aromatic heterocycles. The number of nitrogens with zero attached hydrogens (tertiary/aromatic N) is 2. The predicted molar refractivity (Wildman–Crippen MR) is 47.5 cm³/mol. The van der Waals surface area contributed by atoms with Crippen molar-refractivity contribution >= 4 is 7.25 Å². The number of halogens is 4. The molecule has 1 heterocycles. The molecule has 0 saturated carbocycles. The average molecular weight is 228 g/mol. The van der Waals surface area contributed by atoms with Crippen molar-refractivity contribution in [3.63, 3.8) is 0 Å². The molecule has 0 fully saturated rings. The molecule has 0 aliphatic heterocycles. The van der Waals surface area contributed by atoms with E-state index in [0.29, 0.717) is 6.73 Å². The third-order valence-corrected chi connectivity index (χ3v) is 1.66. The van der Waals surface area contributed by atoms with E-state index >= 15 is 0 Å². The number of hydrogen-bond donors (Lipinski definition) is 0. The summed E-state index contributed by atoms with van der Waals surface area (Å²) in [6, 6.07) is 0. The Kier molecular flexibility index (Phi) is 5.34. The van der Waals surface area contributed by atoms with Crippen LogP contribution in [0.5, 0.6) is 0 Å². The minimum Gasteiger partial charge on any atom is -0.418 e. The first kappa shape index (κ1) is 14.0. The van der Waals surface area contributed by atoms with Crippen molar-refractivity contribution in [1.29, 1.82) is 0 Å². The third-order valence-electron chi connectivity index (χ3n) is 1.66. The Morgan fingerprint density at radius 2 is 1.87 bits per heavy atom. The summed E-state index contributed by atoms with van der Waals surface area (Å²) in [6.45, 7) is 2.69. The van der Waals surface area contributed by atoms with E-state index in [1.165, 1.54) is 5.82 Å². The van der Waals surface area contributed by atoms with Gasteiger partial charge < -0.3 is 22.0 Å². The maximum Gasteiger partial charge on any atom is 0.673 e. The summed E-state index contributed by atoms with van der Waals surface area (Å²) in [5, 5.41) is 0. The van der Waals surface area contributed by atoms with Crippen LogP contribution < -0.4 is 4.57 Å². The van der Waals surface area contributed by atoms with E-state index in [1.807, 2.05) is 24.0 Å². The first-order valence-corrected chi connectivity index (χ1v) is 4.13. The molecule has 0 radical (unpaired) electrons. The number of rotatable bonds is 2. The minimum atomic E-state index is -6.00. The van der Waals surface area contributed by atoms with Crippen LogP contribution in [0.25, 0.3) is 0 Å². The molecule has 88 valence electrons. The number of aromatic nitrogens is 2. The minimum absolute atomic E-state index is 0.632. The second-order valence-corrected chi connectivity index (χ2v) is 2.84. The Hall–Kier alpha value is -1.05. The van der Waals surface area contributed by atoms with Crippen LogP contribution in [0.2, 0.25) is 0 Å². The number of methoxy groups -OCH3 is 1. The molecule has 0 N–H and O–H groups in total. The van der Waals surface area contributed by atoms with E-state index < -0.39 is 7.25 Å². The van der Waals surface area contributed by atoms with Crippen LogP contribution in [0, 0.1) is 6.92 Å². The molecule has 0 bridgehead atoms. The van der Waals surface area contributed by atoms with Gasteiger partial charge in [0.15, 0.2) is 6.73 Å².